The van der Waals surface area contributed by atoms with Gasteiger partial charge in [-0.15, -0.1) is 0 Å². The Bertz CT molecular complexity index is 404. The Hall–Kier alpha value is -1.06. The lowest BCUT2D eigenvalue weighted by molar-refractivity contribution is 0.0629. The van der Waals surface area contributed by atoms with Crippen molar-refractivity contribution in [2.24, 2.45) is 11.8 Å². The van der Waals surface area contributed by atoms with Crippen LogP contribution in [0.3, 0.4) is 0 Å². The number of hydrogen-bond donors (Lipinski definition) is 2. The van der Waals surface area contributed by atoms with Crippen LogP contribution in [0.1, 0.15) is 44.8 Å². The van der Waals surface area contributed by atoms with E-state index in [9.17, 15) is 10.2 Å². The van der Waals surface area contributed by atoms with Crippen LogP contribution in [0.5, 0.6) is 5.75 Å². The third kappa shape index (κ3) is 3.97. The lowest BCUT2D eigenvalue weighted by Crippen LogP contribution is -2.41. The van der Waals surface area contributed by atoms with E-state index in [0.717, 1.165) is 30.5 Å². The van der Waals surface area contributed by atoms with Gasteiger partial charge in [-0.05, 0) is 48.9 Å². The Kier molecular flexibility index (Phi) is 5.44. The number of hydrogen-bond acceptors (Lipinski definition) is 3. The molecule has 3 nitrogen and oxygen atoms in total. The molecule has 2 rings (SSSR count). The first kappa shape index (κ1) is 15.3. The molecule has 3 heteroatoms. The molecular weight excluding hydrogens is 250 g/mol. The molecule has 112 valence electrons. The number of phenolic OH excluding ortho intramolecular Hbond substituents is 1. The summed E-state index contributed by atoms with van der Waals surface area (Å²) in [5, 5.41) is 19.6. The number of β-amino-alcohol motifs (C(OH)–C–C–N with tert-alkyl or cyclic N) is 1. The van der Waals surface area contributed by atoms with E-state index in [2.05, 4.69) is 18.7 Å². The molecule has 0 saturated carbocycles. The van der Waals surface area contributed by atoms with Gasteiger partial charge in [-0.3, -0.25) is 0 Å². The first-order chi connectivity index (χ1) is 9.60. The van der Waals surface area contributed by atoms with Gasteiger partial charge in [0, 0.05) is 13.1 Å². The molecule has 1 heterocycles. The number of phenols is 1. The van der Waals surface area contributed by atoms with Gasteiger partial charge in [0.15, 0.2) is 0 Å². The van der Waals surface area contributed by atoms with Gasteiger partial charge in [0.1, 0.15) is 5.75 Å². The number of piperidine rings is 1. The second kappa shape index (κ2) is 7.09. The molecule has 1 aliphatic heterocycles. The van der Waals surface area contributed by atoms with E-state index in [1.165, 1.54) is 19.3 Å². The van der Waals surface area contributed by atoms with Crippen molar-refractivity contribution in [3.05, 3.63) is 29.8 Å². The maximum Gasteiger partial charge on any atom is 0.115 e. The van der Waals surface area contributed by atoms with Crippen LogP contribution in [-0.4, -0.2) is 34.7 Å². The Morgan fingerprint density at radius 1 is 1.30 bits per heavy atom. The zero-order valence-corrected chi connectivity index (χ0v) is 12.6. The molecule has 20 heavy (non-hydrogen) atoms. The summed E-state index contributed by atoms with van der Waals surface area (Å²) >= 11 is 0. The number of nitrogens with zero attached hydrogens (tertiary/aromatic N) is 1. The van der Waals surface area contributed by atoms with Crippen molar-refractivity contribution in [3.63, 3.8) is 0 Å². The van der Waals surface area contributed by atoms with Crippen LogP contribution >= 0.6 is 0 Å². The molecule has 1 saturated heterocycles. The average molecular weight is 277 g/mol. The fourth-order valence-electron chi connectivity index (χ4n) is 3.18. The first-order valence-electron chi connectivity index (χ1n) is 7.79. The molecule has 0 radical (unpaired) electrons. The number of aliphatic hydroxyl groups excluding tert-OH is 1. The second-order valence-electron chi connectivity index (χ2n) is 6.18. The van der Waals surface area contributed by atoms with E-state index < -0.39 is 6.10 Å². The molecular formula is C17H27NO2. The van der Waals surface area contributed by atoms with Crippen LogP contribution in [0.25, 0.3) is 0 Å². The predicted molar refractivity (Wildman–Crippen MR) is 81.7 cm³/mol. The highest BCUT2D eigenvalue weighted by atomic mass is 16.3. The van der Waals surface area contributed by atoms with Crippen molar-refractivity contribution in [1.82, 2.24) is 4.90 Å². The molecule has 0 aromatic heterocycles. The molecule has 2 unspecified atom stereocenters. The van der Waals surface area contributed by atoms with Gasteiger partial charge in [-0.2, -0.15) is 0 Å². The molecule has 1 aliphatic rings. The van der Waals surface area contributed by atoms with Crippen LogP contribution in [0.4, 0.5) is 0 Å². The Morgan fingerprint density at radius 3 is 2.65 bits per heavy atom. The lowest BCUT2D eigenvalue weighted by atomic mass is 9.84. The Labute approximate surface area is 122 Å². The largest absolute Gasteiger partial charge is 0.508 e. The number of rotatable bonds is 5. The van der Waals surface area contributed by atoms with Gasteiger partial charge in [0.2, 0.25) is 0 Å². The van der Waals surface area contributed by atoms with Gasteiger partial charge in [0.25, 0.3) is 0 Å². The molecule has 0 spiro atoms. The maximum absolute atomic E-state index is 10.3. The zero-order chi connectivity index (χ0) is 14.5. The normalized spacial score (nSPS) is 25.6. The van der Waals surface area contributed by atoms with Crippen LogP contribution in [0.2, 0.25) is 0 Å². The van der Waals surface area contributed by atoms with E-state index in [4.69, 9.17) is 0 Å². The van der Waals surface area contributed by atoms with Crippen molar-refractivity contribution in [2.75, 3.05) is 19.6 Å². The smallest absolute Gasteiger partial charge is 0.115 e. The first-order valence-corrected chi connectivity index (χ1v) is 7.79. The molecule has 1 aromatic rings. The van der Waals surface area contributed by atoms with E-state index >= 15 is 0 Å². The number of aliphatic hydroxyl groups is 1. The molecule has 1 fully saturated rings. The third-order valence-corrected chi connectivity index (χ3v) is 4.57. The number of likely N-dealkylation sites (tertiary alicyclic amines) is 1. The highest BCUT2D eigenvalue weighted by Gasteiger charge is 2.26. The summed E-state index contributed by atoms with van der Waals surface area (Å²) in [4.78, 5) is 2.39. The Balaban J connectivity index is 1.90. The van der Waals surface area contributed by atoms with Crippen molar-refractivity contribution < 1.29 is 10.2 Å². The van der Waals surface area contributed by atoms with Crippen LogP contribution in [0, 0.1) is 11.8 Å². The summed E-state index contributed by atoms with van der Waals surface area (Å²) in [6.45, 7) is 7.48. The van der Waals surface area contributed by atoms with Crippen LogP contribution in [-0.2, 0) is 0 Å². The molecule has 2 N–H and O–H groups in total. The number of aromatic hydroxyl groups is 1. The monoisotopic (exact) mass is 277 g/mol. The van der Waals surface area contributed by atoms with Gasteiger partial charge in [-0.25, -0.2) is 0 Å². The van der Waals surface area contributed by atoms with E-state index in [-0.39, 0.29) is 5.75 Å². The quantitative estimate of drug-likeness (QED) is 0.868. The SMILES string of the molecule is CCCC1CN(C[C@H](O)c2ccc(O)cc2)CCC1C. The maximum atomic E-state index is 10.3. The fraction of sp³-hybridized carbons (Fsp3) is 0.647. The second-order valence-corrected chi connectivity index (χ2v) is 6.18. The highest BCUT2D eigenvalue weighted by Crippen LogP contribution is 2.28. The highest BCUT2D eigenvalue weighted by molar-refractivity contribution is 5.27. The lowest BCUT2D eigenvalue weighted by Gasteiger charge is -2.38. The summed E-state index contributed by atoms with van der Waals surface area (Å²) in [7, 11) is 0. The fourth-order valence-corrected chi connectivity index (χ4v) is 3.18. The minimum atomic E-state index is -0.466. The van der Waals surface area contributed by atoms with Gasteiger partial charge in [0.05, 0.1) is 6.10 Å². The van der Waals surface area contributed by atoms with Gasteiger partial charge >= 0.3 is 0 Å². The standard InChI is InChI=1S/C17H27NO2/c1-3-4-15-11-18(10-9-13(15)2)12-17(20)14-5-7-16(19)8-6-14/h5-8,13,15,17,19-20H,3-4,9-12H2,1-2H3/t13?,15?,17-/m0/s1. The summed E-state index contributed by atoms with van der Waals surface area (Å²) < 4.78 is 0. The van der Waals surface area contributed by atoms with Crippen molar-refractivity contribution in [3.8, 4) is 5.75 Å². The minimum Gasteiger partial charge on any atom is -0.508 e. The van der Waals surface area contributed by atoms with Crippen molar-refractivity contribution in [2.45, 2.75) is 39.2 Å². The average Bonchev–Trinajstić information content (AvgIpc) is 2.43. The topological polar surface area (TPSA) is 43.7 Å². The molecule has 1 aromatic carbocycles. The third-order valence-electron chi connectivity index (χ3n) is 4.57. The van der Waals surface area contributed by atoms with Crippen molar-refractivity contribution >= 4 is 0 Å². The Morgan fingerprint density at radius 2 is 2.00 bits per heavy atom. The predicted octanol–water partition coefficient (Wildman–Crippen LogP) is 3.18. The van der Waals surface area contributed by atoms with E-state index in [1.807, 2.05) is 0 Å². The summed E-state index contributed by atoms with van der Waals surface area (Å²) in [6.07, 6.45) is 3.29. The van der Waals surface area contributed by atoms with Crippen molar-refractivity contribution in [1.29, 1.82) is 0 Å². The van der Waals surface area contributed by atoms with E-state index in [1.54, 1.807) is 24.3 Å². The molecule has 0 aliphatic carbocycles. The summed E-state index contributed by atoms with van der Waals surface area (Å²) in [6, 6.07) is 6.87. The molecule has 0 bridgehead atoms. The summed E-state index contributed by atoms with van der Waals surface area (Å²) in [5.74, 6) is 1.81. The van der Waals surface area contributed by atoms with Gasteiger partial charge < -0.3 is 15.1 Å². The zero-order valence-electron chi connectivity index (χ0n) is 12.6. The van der Waals surface area contributed by atoms with Crippen LogP contribution < -0.4 is 0 Å². The molecule has 0 amide bonds. The minimum absolute atomic E-state index is 0.246. The van der Waals surface area contributed by atoms with Crippen LogP contribution in [0.15, 0.2) is 24.3 Å². The summed E-state index contributed by atoms with van der Waals surface area (Å²) in [5.41, 5.74) is 0.883. The van der Waals surface area contributed by atoms with Gasteiger partial charge in [-0.1, -0.05) is 32.4 Å². The molecule has 3 atom stereocenters. The van der Waals surface area contributed by atoms with E-state index in [0.29, 0.717) is 6.54 Å². The number of benzene rings is 1.